The van der Waals surface area contributed by atoms with Gasteiger partial charge in [-0.1, -0.05) is 31.9 Å². The maximum atomic E-state index is 13.9. The van der Waals surface area contributed by atoms with E-state index in [0.717, 1.165) is 19.3 Å². The minimum absolute atomic E-state index is 0.0356. The molecule has 0 aromatic rings. The summed E-state index contributed by atoms with van der Waals surface area (Å²) in [6.07, 6.45) is 7.36. The summed E-state index contributed by atoms with van der Waals surface area (Å²) in [6.45, 7) is 12.6. The van der Waals surface area contributed by atoms with Crippen LogP contribution in [0.1, 0.15) is 46.0 Å². The number of carbonyl (C=O) groups excluding carboxylic acids is 3. The maximum absolute atomic E-state index is 13.9. The van der Waals surface area contributed by atoms with Crippen LogP contribution in [0, 0.1) is 11.8 Å². The van der Waals surface area contributed by atoms with Gasteiger partial charge in [-0.15, -0.1) is 13.2 Å². The van der Waals surface area contributed by atoms with Crippen molar-refractivity contribution in [2.75, 3.05) is 39.8 Å². The summed E-state index contributed by atoms with van der Waals surface area (Å²) >= 11 is 0. The molecule has 3 amide bonds. The number of nitrogens with zero attached hydrogens (tertiary/aromatic N) is 3. The molecule has 8 nitrogen and oxygen atoms in total. The number of hydrogen-bond acceptors (Lipinski definition) is 5. The van der Waals surface area contributed by atoms with Gasteiger partial charge in [0.1, 0.15) is 11.6 Å². The monoisotopic (exact) mass is 461 g/mol. The number of rotatable bonds is 12. The lowest BCUT2D eigenvalue weighted by molar-refractivity contribution is -0.153. The fraction of sp³-hybridized carbons (Fsp3) is 0.720. The quantitative estimate of drug-likeness (QED) is 0.352. The number of amides is 3. The molecule has 33 heavy (non-hydrogen) atoms. The highest BCUT2D eigenvalue weighted by Crippen LogP contribution is 2.63. The third kappa shape index (κ3) is 4.12. The predicted octanol–water partition coefficient (Wildman–Crippen LogP) is 1.59. The number of hydrogen-bond donors (Lipinski definition) is 1. The number of fused-ring (bicyclic) bond motifs is 1. The molecule has 1 spiro atoms. The van der Waals surface area contributed by atoms with Crippen molar-refractivity contribution in [1.29, 1.82) is 0 Å². The van der Waals surface area contributed by atoms with E-state index in [9.17, 15) is 19.5 Å². The van der Waals surface area contributed by atoms with Crippen molar-refractivity contribution in [2.24, 2.45) is 11.8 Å². The van der Waals surface area contributed by atoms with Crippen LogP contribution in [0.25, 0.3) is 0 Å². The molecular weight excluding hydrogens is 422 g/mol. The average molecular weight is 462 g/mol. The zero-order valence-electron chi connectivity index (χ0n) is 20.3. The second-order valence-electron chi connectivity index (χ2n) is 9.77. The van der Waals surface area contributed by atoms with Gasteiger partial charge >= 0.3 is 0 Å². The van der Waals surface area contributed by atoms with Crippen molar-refractivity contribution in [3.05, 3.63) is 25.3 Å². The largest absolute Gasteiger partial charge is 0.395 e. The Morgan fingerprint density at radius 3 is 2.52 bits per heavy atom. The molecule has 3 saturated heterocycles. The van der Waals surface area contributed by atoms with Gasteiger partial charge in [0.05, 0.1) is 24.0 Å². The first-order chi connectivity index (χ1) is 15.7. The predicted molar refractivity (Wildman–Crippen MR) is 125 cm³/mol. The fourth-order valence-electron chi connectivity index (χ4n) is 6.12. The first kappa shape index (κ1) is 25.4. The molecule has 0 aliphatic carbocycles. The van der Waals surface area contributed by atoms with Gasteiger partial charge < -0.3 is 24.5 Å². The lowest BCUT2D eigenvalue weighted by Crippen LogP contribution is -2.56. The molecule has 5 atom stereocenters. The molecule has 0 saturated carbocycles. The highest BCUT2D eigenvalue weighted by Gasteiger charge is 2.78. The summed E-state index contributed by atoms with van der Waals surface area (Å²) in [4.78, 5) is 45.8. The fourth-order valence-corrected chi connectivity index (χ4v) is 6.12. The number of aliphatic hydroxyl groups is 1. The van der Waals surface area contributed by atoms with E-state index >= 15 is 0 Å². The Kier molecular flexibility index (Phi) is 7.69. The van der Waals surface area contributed by atoms with Crippen LogP contribution in [0.5, 0.6) is 0 Å². The van der Waals surface area contributed by atoms with Crippen LogP contribution in [0.4, 0.5) is 0 Å². The standard InChI is InChI=1S/C25H39N3O5/c1-6-9-10-15-27(14-8-3)23(32)20-25-12-11-24(4,33-25)18(21(30)26(5)13-7-2)19(25)22(31)28(20)16-17-29/h7-8,18-20,29H,2-3,6,9-17H2,1,4-5H3/t18-,19+,20?,24+,25?/m1/s1. The van der Waals surface area contributed by atoms with Crippen molar-refractivity contribution in [3.8, 4) is 0 Å². The smallest absolute Gasteiger partial charge is 0.248 e. The molecule has 3 aliphatic heterocycles. The molecule has 3 rings (SSSR count). The lowest BCUT2D eigenvalue weighted by atomic mass is 9.66. The van der Waals surface area contributed by atoms with Crippen molar-refractivity contribution < 1.29 is 24.2 Å². The summed E-state index contributed by atoms with van der Waals surface area (Å²) in [6, 6.07) is -0.854. The van der Waals surface area contributed by atoms with E-state index in [1.165, 1.54) is 4.90 Å². The van der Waals surface area contributed by atoms with Crippen molar-refractivity contribution in [3.63, 3.8) is 0 Å². The normalized spacial score (nSPS) is 32.1. The van der Waals surface area contributed by atoms with E-state index in [1.54, 1.807) is 29.0 Å². The van der Waals surface area contributed by atoms with Gasteiger partial charge in [0.15, 0.2) is 0 Å². The van der Waals surface area contributed by atoms with E-state index < -0.39 is 29.1 Å². The molecule has 1 N–H and O–H groups in total. The van der Waals surface area contributed by atoms with Crippen LogP contribution in [0.15, 0.2) is 25.3 Å². The van der Waals surface area contributed by atoms with E-state index in [2.05, 4.69) is 20.1 Å². The van der Waals surface area contributed by atoms with Crippen LogP contribution >= 0.6 is 0 Å². The highest BCUT2D eigenvalue weighted by atomic mass is 16.5. The van der Waals surface area contributed by atoms with E-state index in [-0.39, 0.29) is 30.9 Å². The van der Waals surface area contributed by atoms with Gasteiger partial charge in [0.25, 0.3) is 0 Å². The Hall–Kier alpha value is -2.19. The maximum Gasteiger partial charge on any atom is 0.248 e. The second-order valence-corrected chi connectivity index (χ2v) is 9.77. The lowest BCUT2D eigenvalue weighted by Gasteiger charge is -2.36. The molecule has 0 aromatic heterocycles. The minimum atomic E-state index is -1.06. The Balaban J connectivity index is 2.00. The Morgan fingerprint density at radius 1 is 1.21 bits per heavy atom. The first-order valence-electron chi connectivity index (χ1n) is 12.1. The molecular formula is C25H39N3O5. The zero-order valence-corrected chi connectivity index (χ0v) is 20.3. The number of aliphatic hydroxyl groups excluding tert-OH is 1. The molecule has 8 heteroatoms. The summed E-state index contributed by atoms with van der Waals surface area (Å²) in [5, 5.41) is 9.71. The van der Waals surface area contributed by atoms with Gasteiger partial charge in [-0.25, -0.2) is 0 Å². The topological polar surface area (TPSA) is 90.4 Å². The van der Waals surface area contributed by atoms with Crippen LogP contribution < -0.4 is 0 Å². The molecule has 3 fully saturated rings. The van der Waals surface area contributed by atoms with Gasteiger partial charge in [-0.2, -0.15) is 0 Å². The summed E-state index contributed by atoms with van der Waals surface area (Å²) in [5.74, 6) is -2.04. The van der Waals surface area contributed by atoms with Crippen molar-refractivity contribution in [1.82, 2.24) is 14.7 Å². The van der Waals surface area contributed by atoms with Crippen LogP contribution in [-0.4, -0.2) is 94.6 Å². The zero-order chi connectivity index (χ0) is 24.4. The molecule has 184 valence electrons. The number of likely N-dealkylation sites (N-methyl/N-ethyl adjacent to an activating group) is 1. The molecule has 2 bridgehead atoms. The van der Waals surface area contributed by atoms with Gasteiger partial charge in [-0.05, 0) is 26.2 Å². The number of unbranched alkanes of at least 4 members (excludes halogenated alkanes) is 2. The number of likely N-dealkylation sites (tertiary alicyclic amines) is 1. The summed E-state index contributed by atoms with van der Waals surface area (Å²) in [5.41, 5.74) is -1.86. The SMILES string of the molecule is C=CCN(C)C(=O)[C@H]1[C@H]2C(=O)N(CCO)C(C(=O)N(CC=C)CCCCC)C23CC[C@]1(C)O3. The van der Waals surface area contributed by atoms with Crippen LogP contribution in [-0.2, 0) is 19.1 Å². The van der Waals surface area contributed by atoms with Crippen LogP contribution in [0.3, 0.4) is 0 Å². The van der Waals surface area contributed by atoms with Crippen molar-refractivity contribution >= 4 is 17.7 Å². The molecule has 3 aliphatic rings. The van der Waals surface area contributed by atoms with Gasteiger partial charge in [-0.3, -0.25) is 14.4 Å². The second kappa shape index (κ2) is 9.97. The van der Waals surface area contributed by atoms with Crippen LogP contribution in [0.2, 0.25) is 0 Å². The molecule has 3 heterocycles. The third-order valence-corrected chi connectivity index (χ3v) is 7.59. The molecule has 2 unspecified atom stereocenters. The minimum Gasteiger partial charge on any atom is -0.395 e. The Labute approximate surface area is 197 Å². The molecule has 0 radical (unpaired) electrons. The van der Waals surface area contributed by atoms with Gasteiger partial charge in [0, 0.05) is 33.2 Å². The average Bonchev–Trinajstić information content (AvgIpc) is 3.34. The number of carbonyl (C=O) groups is 3. The number of ether oxygens (including phenoxy) is 1. The van der Waals surface area contributed by atoms with E-state index in [0.29, 0.717) is 32.5 Å². The third-order valence-electron chi connectivity index (χ3n) is 7.59. The highest BCUT2D eigenvalue weighted by molar-refractivity contribution is 5.99. The molecule has 0 aromatic carbocycles. The van der Waals surface area contributed by atoms with Crippen molar-refractivity contribution in [2.45, 2.75) is 63.2 Å². The first-order valence-corrected chi connectivity index (χ1v) is 12.1. The van der Waals surface area contributed by atoms with E-state index in [1.807, 2.05) is 6.92 Å². The van der Waals surface area contributed by atoms with Gasteiger partial charge in [0.2, 0.25) is 17.7 Å². The summed E-state index contributed by atoms with van der Waals surface area (Å²) in [7, 11) is 1.69. The van der Waals surface area contributed by atoms with E-state index in [4.69, 9.17) is 4.74 Å². The number of β-amino-alcohol motifs (C(OH)–C–C–N with tert-alkyl or cyclic N) is 1. The Bertz CT molecular complexity index is 801. The Morgan fingerprint density at radius 2 is 1.91 bits per heavy atom. The summed E-state index contributed by atoms with van der Waals surface area (Å²) < 4.78 is 6.58.